The van der Waals surface area contributed by atoms with Crippen LogP contribution in [-0.4, -0.2) is 22.1 Å². The van der Waals surface area contributed by atoms with Crippen LogP contribution in [0.15, 0.2) is 58.3 Å². The number of carbonyl (C=O) groups excluding carboxylic acids is 1. The number of nitro benzene ring substituents is 1. The molecule has 3 heterocycles. The van der Waals surface area contributed by atoms with Crippen molar-refractivity contribution in [2.24, 2.45) is 5.10 Å². The summed E-state index contributed by atoms with van der Waals surface area (Å²) in [5, 5.41) is 23.8. The second-order valence-corrected chi connectivity index (χ2v) is 7.42. The van der Waals surface area contributed by atoms with E-state index in [1.165, 1.54) is 45.9 Å². The number of nitrogens with zero attached hydrogens (tertiary/aromatic N) is 3. The molecule has 1 N–H and O–H groups in total. The summed E-state index contributed by atoms with van der Waals surface area (Å²) >= 11 is 3.00. The molecular weight excluding hydrogens is 372 g/mol. The van der Waals surface area contributed by atoms with Gasteiger partial charge in [0.25, 0.3) is 11.6 Å². The Balaban J connectivity index is 1.76. The lowest BCUT2D eigenvalue weighted by Crippen LogP contribution is -2.39. The fourth-order valence-corrected chi connectivity index (χ4v) is 3.98. The van der Waals surface area contributed by atoms with Gasteiger partial charge in [-0.05, 0) is 29.0 Å². The van der Waals surface area contributed by atoms with Crippen molar-refractivity contribution >= 4 is 46.2 Å². The summed E-state index contributed by atoms with van der Waals surface area (Å²) < 4.78 is 0. The number of hydrogen-bond acceptors (Lipinski definition) is 7. The number of hydrogen-bond donors (Lipinski definition) is 1. The molecule has 1 atom stereocenters. The maximum absolute atomic E-state index is 13.0. The van der Waals surface area contributed by atoms with Crippen molar-refractivity contribution in [3.05, 3.63) is 78.7 Å². The maximum atomic E-state index is 13.0. The lowest BCUT2D eigenvalue weighted by molar-refractivity contribution is -0.384. The Morgan fingerprint density at radius 3 is 2.69 bits per heavy atom. The Morgan fingerprint density at radius 1 is 1.19 bits per heavy atom. The Hall–Kier alpha value is -3.04. The highest BCUT2D eigenvalue weighted by Crippen LogP contribution is 2.36. The van der Waals surface area contributed by atoms with Crippen LogP contribution in [0.2, 0.25) is 0 Å². The molecule has 1 aromatic carbocycles. The average Bonchev–Trinajstić information content (AvgIpc) is 3.34. The van der Waals surface area contributed by atoms with Crippen LogP contribution in [-0.2, 0) is 0 Å². The van der Waals surface area contributed by atoms with Crippen molar-refractivity contribution in [2.45, 2.75) is 6.17 Å². The molecule has 0 bridgehead atoms. The first kappa shape index (κ1) is 16.4. The van der Waals surface area contributed by atoms with E-state index in [1.54, 1.807) is 6.21 Å². The molecule has 4 rings (SSSR count). The molecular formula is C17H12N4O3S2. The molecule has 7 nitrogen and oxygen atoms in total. The number of carbonyl (C=O) groups is 1. The molecule has 0 spiro atoms. The molecule has 2 aromatic heterocycles. The third-order valence-corrected chi connectivity index (χ3v) is 5.59. The fraction of sp³-hybridized carbons (Fsp3) is 0.0588. The van der Waals surface area contributed by atoms with E-state index in [9.17, 15) is 14.9 Å². The van der Waals surface area contributed by atoms with Crippen molar-refractivity contribution < 1.29 is 9.72 Å². The minimum absolute atomic E-state index is 0.0653. The molecule has 0 saturated heterocycles. The topological polar surface area (TPSA) is 87.8 Å². The van der Waals surface area contributed by atoms with E-state index >= 15 is 0 Å². The van der Waals surface area contributed by atoms with Crippen LogP contribution in [0.25, 0.3) is 0 Å². The normalized spacial score (nSPS) is 16.5. The molecule has 0 aliphatic carbocycles. The summed E-state index contributed by atoms with van der Waals surface area (Å²) in [5.41, 5.74) is 0.724. The zero-order valence-electron chi connectivity index (χ0n) is 13.2. The van der Waals surface area contributed by atoms with E-state index in [0.717, 1.165) is 9.75 Å². The van der Waals surface area contributed by atoms with Gasteiger partial charge >= 0.3 is 0 Å². The minimum atomic E-state index is -0.520. The summed E-state index contributed by atoms with van der Waals surface area (Å²) in [7, 11) is 0. The molecule has 1 unspecified atom stereocenters. The highest BCUT2D eigenvalue weighted by atomic mass is 32.1. The number of rotatable bonds is 4. The van der Waals surface area contributed by atoms with Gasteiger partial charge in [0.1, 0.15) is 0 Å². The van der Waals surface area contributed by atoms with Gasteiger partial charge in [-0.2, -0.15) is 5.10 Å². The number of thiophene rings is 2. The fourth-order valence-electron chi connectivity index (χ4n) is 2.64. The zero-order chi connectivity index (χ0) is 18.1. The Labute approximate surface area is 156 Å². The number of anilines is 1. The highest BCUT2D eigenvalue weighted by Gasteiger charge is 2.34. The molecule has 26 heavy (non-hydrogen) atoms. The number of non-ortho nitro benzene ring substituents is 1. The molecule has 0 saturated carbocycles. The van der Waals surface area contributed by atoms with Crippen LogP contribution in [0.4, 0.5) is 11.4 Å². The van der Waals surface area contributed by atoms with E-state index in [1.807, 2.05) is 35.0 Å². The number of amides is 1. The summed E-state index contributed by atoms with van der Waals surface area (Å²) in [4.78, 5) is 25.3. The van der Waals surface area contributed by atoms with Gasteiger partial charge in [0.2, 0.25) is 0 Å². The Bertz CT molecular complexity index is 984. The quantitative estimate of drug-likeness (QED) is 0.412. The summed E-state index contributed by atoms with van der Waals surface area (Å²) in [5.74, 6) is -0.306. The zero-order valence-corrected chi connectivity index (χ0v) is 14.9. The van der Waals surface area contributed by atoms with Gasteiger partial charge in [-0.3, -0.25) is 14.9 Å². The molecule has 0 fully saturated rings. The molecule has 1 aliphatic rings. The van der Waals surface area contributed by atoms with Gasteiger partial charge in [0.15, 0.2) is 6.17 Å². The van der Waals surface area contributed by atoms with E-state index in [0.29, 0.717) is 11.3 Å². The molecule has 0 radical (unpaired) electrons. The first-order valence-electron chi connectivity index (χ1n) is 7.63. The first-order chi connectivity index (χ1) is 12.6. The smallest absolute Gasteiger partial charge is 0.278 e. The average molecular weight is 384 g/mol. The number of fused-ring (bicyclic) bond motifs is 1. The molecule has 1 amide bonds. The van der Waals surface area contributed by atoms with Gasteiger partial charge in [0.05, 0.1) is 22.4 Å². The van der Waals surface area contributed by atoms with Crippen molar-refractivity contribution in [2.75, 3.05) is 5.32 Å². The molecule has 1 aliphatic heterocycles. The first-order valence-corrected chi connectivity index (χ1v) is 9.39. The van der Waals surface area contributed by atoms with Crippen molar-refractivity contribution in [1.82, 2.24) is 5.01 Å². The lowest BCUT2D eigenvalue weighted by atomic mass is 10.1. The Kier molecular flexibility index (Phi) is 4.23. The van der Waals surface area contributed by atoms with Crippen LogP contribution >= 0.6 is 22.7 Å². The van der Waals surface area contributed by atoms with Gasteiger partial charge in [-0.1, -0.05) is 12.1 Å². The van der Waals surface area contributed by atoms with E-state index in [2.05, 4.69) is 10.4 Å². The van der Waals surface area contributed by atoms with E-state index in [-0.39, 0.29) is 11.6 Å². The van der Waals surface area contributed by atoms with Gasteiger partial charge in [0, 0.05) is 21.9 Å². The standard InChI is InChI=1S/C17H12N4O3S2/c22-17-13-6-5-11(21(23)24)9-14(13)19-16(15-4-2-8-26-15)20(17)18-10-12-3-1-7-25-12/h1-10,16,19H. The largest absolute Gasteiger partial charge is 0.358 e. The van der Waals surface area contributed by atoms with Crippen molar-refractivity contribution in [3.8, 4) is 0 Å². The number of nitrogens with one attached hydrogen (secondary N) is 1. The number of nitro groups is 1. The SMILES string of the molecule is O=C1c2ccc([N+](=O)[O-])cc2NC(c2cccs2)N1N=Cc1cccs1. The second kappa shape index (κ2) is 6.70. The van der Waals surface area contributed by atoms with Gasteiger partial charge in [-0.25, -0.2) is 5.01 Å². The summed E-state index contributed by atoms with van der Waals surface area (Å²) in [6.07, 6.45) is 1.12. The third kappa shape index (κ3) is 2.98. The second-order valence-electron chi connectivity index (χ2n) is 5.46. The van der Waals surface area contributed by atoms with Crippen molar-refractivity contribution in [1.29, 1.82) is 0 Å². The minimum Gasteiger partial charge on any atom is -0.358 e. The van der Waals surface area contributed by atoms with E-state index in [4.69, 9.17) is 0 Å². The number of benzene rings is 1. The predicted molar refractivity (Wildman–Crippen MR) is 102 cm³/mol. The van der Waals surface area contributed by atoms with Gasteiger partial charge < -0.3 is 5.32 Å². The molecule has 9 heteroatoms. The summed E-state index contributed by atoms with van der Waals surface area (Å²) in [6, 6.07) is 11.8. The maximum Gasteiger partial charge on any atom is 0.278 e. The molecule has 130 valence electrons. The monoisotopic (exact) mass is 384 g/mol. The number of hydrazone groups is 1. The van der Waals surface area contributed by atoms with Crippen LogP contribution in [0.1, 0.15) is 26.3 Å². The summed E-state index contributed by atoms with van der Waals surface area (Å²) in [6.45, 7) is 0. The van der Waals surface area contributed by atoms with Crippen molar-refractivity contribution in [3.63, 3.8) is 0 Å². The molecule has 3 aromatic rings. The van der Waals surface area contributed by atoms with Crippen LogP contribution in [0.5, 0.6) is 0 Å². The van der Waals surface area contributed by atoms with Crippen LogP contribution in [0, 0.1) is 10.1 Å². The van der Waals surface area contributed by atoms with Crippen LogP contribution < -0.4 is 5.32 Å². The van der Waals surface area contributed by atoms with Gasteiger partial charge in [-0.15, -0.1) is 22.7 Å². The Morgan fingerprint density at radius 2 is 2.00 bits per heavy atom. The predicted octanol–water partition coefficient (Wildman–Crippen LogP) is 4.32. The third-order valence-electron chi connectivity index (χ3n) is 3.85. The van der Waals surface area contributed by atoms with E-state index < -0.39 is 11.1 Å². The lowest BCUT2D eigenvalue weighted by Gasteiger charge is -2.33. The van der Waals surface area contributed by atoms with Crippen LogP contribution in [0.3, 0.4) is 0 Å². The highest BCUT2D eigenvalue weighted by molar-refractivity contribution is 7.11.